The largest absolute Gasteiger partial charge is 0.435 e. The highest BCUT2D eigenvalue weighted by Gasteiger charge is 2.34. The van der Waals surface area contributed by atoms with E-state index in [1.54, 1.807) is 0 Å². The predicted octanol–water partition coefficient (Wildman–Crippen LogP) is 3.44. The Bertz CT molecular complexity index is 1230. The third kappa shape index (κ3) is 3.90. The zero-order valence-electron chi connectivity index (χ0n) is 15.2. The van der Waals surface area contributed by atoms with Crippen LogP contribution in [0.1, 0.15) is 19.0 Å². The summed E-state index contributed by atoms with van der Waals surface area (Å²) in [4.78, 5) is 8.37. The predicted molar refractivity (Wildman–Crippen MR) is 103 cm³/mol. The zero-order valence-corrected chi connectivity index (χ0v) is 16.9. The van der Waals surface area contributed by atoms with Crippen molar-refractivity contribution in [3.63, 3.8) is 0 Å². The molecular weight excluding hydrogens is 427 g/mol. The van der Waals surface area contributed by atoms with Crippen molar-refractivity contribution in [1.29, 1.82) is 0 Å². The average Bonchev–Trinajstić information content (AvgIpc) is 3.08. The van der Waals surface area contributed by atoms with Gasteiger partial charge in [-0.25, -0.2) is 22.3 Å². The molecule has 0 atom stereocenters. The zero-order chi connectivity index (χ0) is 20.8. The lowest BCUT2D eigenvalue weighted by atomic mass is 10.2. The van der Waals surface area contributed by atoms with Crippen LogP contribution >= 0.6 is 0 Å². The topological polar surface area (TPSA) is 89.6 Å². The number of aromatic nitrogens is 4. The van der Waals surface area contributed by atoms with Crippen molar-refractivity contribution in [2.45, 2.75) is 24.4 Å². The molecule has 1 aliphatic heterocycles. The standard InChI is InChI=1S/C17H16F3N5O2S2/c1-2-29(26,27)13-8-11(24-28-6-3-7-28)10-21-16(13)12-4-5-25-15(22-12)9-14(23-25)17(18,19)20/h4-5,8-10H,2-3,6-7H2,1H3. The maximum atomic E-state index is 12.9. The van der Waals surface area contributed by atoms with E-state index >= 15 is 0 Å². The molecule has 0 aromatic carbocycles. The van der Waals surface area contributed by atoms with Crippen LogP contribution in [-0.2, 0) is 26.7 Å². The summed E-state index contributed by atoms with van der Waals surface area (Å²) in [5, 5.41) is 3.45. The molecule has 4 rings (SSSR count). The first-order valence-corrected chi connectivity index (χ1v) is 11.9. The second-order valence-corrected chi connectivity index (χ2v) is 10.6. The van der Waals surface area contributed by atoms with E-state index in [-0.39, 0.29) is 38.4 Å². The van der Waals surface area contributed by atoms with Gasteiger partial charge in [0, 0.05) is 23.8 Å². The van der Waals surface area contributed by atoms with Crippen LogP contribution in [0.25, 0.3) is 17.0 Å². The van der Waals surface area contributed by atoms with Crippen LogP contribution in [0.2, 0.25) is 0 Å². The molecule has 0 aliphatic carbocycles. The molecule has 1 aliphatic rings. The van der Waals surface area contributed by atoms with Gasteiger partial charge in [0.15, 0.2) is 21.2 Å². The van der Waals surface area contributed by atoms with E-state index < -0.39 is 21.7 Å². The fourth-order valence-corrected chi connectivity index (χ4v) is 4.92. The molecule has 1 saturated heterocycles. The number of hydrogen-bond acceptors (Lipinski definition) is 6. The minimum atomic E-state index is -4.60. The van der Waals surface area contributed by atoms with Crippen LogP contribution in [-0.4, -0.2) is 45.3 Å². The number of rotatable bonds is 4. The Kier molecular flexibility index (Phi) is 4.93. The maximum absolute atomic E-state index is 12.9. The number of sulfone groups is 1. The summed E-state index contributed by atoms with van der Waals surface area (Å²) in [5.74, 6) is 1.82. The van der Waals surface area contributed by atoms with Gasteiger partial charge in [-0.05, 0) is 18.6 Å². The smallest absolute Gasteiger partial charge is 0.251 e. The first-order valence-electron chi connectivity index (χ1n) is 8.73. The third-order valence-electron chi connectivity index (χ3n) is 4.41. The van der Waals surface area contributed by atoms with Gasteiger partial charge in [0.1, 0.15) is 5.69 Å². The summed E-state index contributed by atoms with van der Waals surface area (Å²) in [6.45, 7) is 1.51. The molecule has 154 valence electrons. The van der Waals surface area contributed by atoms with Crippen LogP contribution in [0.3, 0.4) is 0 Å². The summed E-state index contributed by atoms with van der Waals surface area (Å²) < 4.78 is 69.5. The van der Waals surface area contributed by atoms with Crippen molar-refractivity contribution in [3.05, 3.63) is 36.3 Å². The molecule has 0 bridgehead atoms. The molecule has 29 heavy (non-hydrogen) atoms. The molecule has 1 fully saturated rings. The van der Waals surface area contributed by atoms with Gasteiger partial charge >= 0.3 is 6.18 Å². The maximum Gasteiger partial charge on any atom is 0.435 e. The molecule has 0 saturated carbocycles. The number of halogens is 3. The van der Waals surface area contributed by atoms with Crippen molar-refractivity contribution in [1.82, 2.24) is 19.6 Å². The van der Waals surface area contributed by atoms with E-state index in [1.807, 2.05) is 0 Å². The fourth-order valence-electron chi connectivity index (χ4n) is 2.73. The van der Waals surface area contributed by atoms with Gasteiger partial charge in [0.25, 0.3) is 0 Å². The third-order valence-corrected chi connectivity index (χ3v) is 8.14. The van der Waals surface area contributed by atoms with E-state index in [9.17, 15) is 21.6 Å². The number of fused-ring (bicyclic) bond motifs is 1. The molecule has 4 heterocycles. The normalized spacial score (nSPS) is 15.4. The Labute approximate surface area is 167 Å². The van der Waals surface area contributed by atoms with Crippen LogP contribution < -0.4 is 0 Å². The Balaban J connectivity index is 1.85. The van der Waals surface area contributed by atoms with Gasteiger partial charge < -0.3 is 0 Å². The van der Waals surface area contributed by atoms with E-state index in [4.69, 9.17) is 0 Å². The Morgan fingerprint density at radius 1 is 1.28 bits per heavy atom. The Morgan fingerprint density at radius 2 is 2.03 bits per heavy atom. The quantitative estimate of drug-likeness (QED) is 0.616. The van der Waals surface area contributed by atoms with E-state index in [2.05, 4.69) is 19.4 Å². The molecule has 0 N–H and O–H groups in total. The van der Waals surface area contributed by atoms with Crippen LogP contribution in [0.15, 0.2) is 39.9 Å². The summed E-state index contributed by atoms with van der Waals surface area (Å²) >= 11 is 0. The number of hydrogen-bond donors (Lipinski definition) is 0. The average molecular weight is 443 g/mol. The molecule has 0 radical (unpaired) electrons. The van der Waals surface area contributed by atoms with Crippen LogP contribution in [0.5, 0.6) is 0 Å². The van der Waals surface area contributed by atoms with Crippen molar-refractivity contribution < 1.29 is 21.6 Å². The van der Waals surface area contributed by atoms with E-state index in [1.165, 1.54) is 31.5 Å². The minimum absolute atomic E-state index is 0.0298. The van der Waals surface area contributed by atoms with Crippen molar-refractivity contribution in [2.75, 3.05) is 17.3 Å². The van der Waals surface area contributed by atoms with Crippen molar-refractivity contribution in [3.8, 4) is 11.4 Å². The summed E-state index contributed by atoms with van der Waals surface area (Å²) in [6, 6.07) is 3.66. The highest BCUT2D eigenvalue weighted by Crippen LogP contribution is 2.31. The van der Waals surface area contributed by atoms with E-state index in [0.29, 0.717) is 5.69 Å². The van der Waals surface area contributed by atoms with Crippen LogP contribution in [0.4, 0.5) is 18.9 Å². The second-order valence-electron chi connectivity index (χ2n) is 6.40. The van der Waals surface area contributed by atoms with Crippen molar-refractivity contribution in [2.24, 2.45) is 4.36 Å². The van der Waals surface area contributed by atoms with Gasteiger partial charge in [-0.2, -0.15) is 18.3 Å². The number of alkyl halides is 3. The summed E-state index contributed by atoms with van der Waals surface area (Å²) in [5.41, 5.74) is -0.419. The molecule has 0 unspecified atom stereocenters. The number of nitrogens with zero attached hydrogens (tertiary/aromatic N) is 5. The monoisotopic (exact) mass is 443 g/mol. The lowest BCUT2D eigenvalue weighted by Crippen LogP contribution is -2.15. The Hall–Kier alpha value is -2.34. The second kappa shape index (κ2) is 7.17. The van der Waals surface area contributed by atoms with Gasteiger partial charge in [0.05, 0.1) is 28.2 Å². The first kappa shape index (κ1) is 20.0. The molecule has 7 nitrogen and oxygen atoms in total. The SMILES string of the molecule is CCS(=O)(=O)c1cc(N=S2CCC2)cnc1-c1ccn2nc(C(F)(F)F)cc2n1. The summed E-state index contributed by atoms with van der Waals surface area (Å²) in [6.07, 6.45) is -0.731. The highest BCUT2D eigenvalue weighted by atomic mass is 32.2. The first-order chi connectivity index (χ1) is 13.7. The lowest BCUT2D eigenvalue weighted by Gasteiger charge is -2.16. The Morgan fingerprint density at radius 3 is 2.66 bits per heavy atom. The van der Waals surface area contributed by atoms with Gasteiger partial charge in [-0.1, -0.05) is 17.6 Å². The summed E-state index contributed by atoms with van der Waals surface area (Å²) in [7, 11) is -3.76. The molecule has 3 aromatic rings. The molecule has 0 amide bonds. The van der Waals surface area contributed by atoms with Gasteiger partial charge in [0.2, 0.25) is 0 Å². The van der Waals surface area contributed by atoms with Gasteiger partial charge in [-0.15, -0.1) is 0 Å². The molecule has 3 aromatic heterocycles. The van der Waals surface area contributed by atoms with Crippen LogP contribution in [0, 0.1) is 0 Å². The van der Waals surface area contributed by atoms with Gasteiger partial charge in [-0.3, -0.25) is 4.98 Å². The molecule has 0 spiro atoms. The lowest BCUT2D eigenvalue weighted by molar-refractivity contribution is -0.141. The highest BCUT2D eigenvalue weighted by molar-refractivity contribution is 7.91. The fraction of sp³-hybridized carbons (Fsp3) is 0.353. The van der Waals surface area contributed by atoms with E-state index in [0.717, 1.165) is 28.5 Å². The number of pyridine rings is 1. The molecule has 12 heteroatoms. The minimum Gasteiger partial charge on any atom is -0.251 e. The molecular formula is C17H16F3N5O2S2. The van der Waals surface area contributed by atoms with Crippen molar-refractivity contribution >= 4 is 31.9 Å².